The Morgan fingerprint density at radius 3 is 2.53 bits per heavy atom. The minimum absolute atomic E-state index is 0.0506. The lowest BCUT2D eigenvalue weighted by Gasteiger charge is -2.17. The van der Waals surface area contributed by atoms with Crippen LogP contribution < -0.4 is 0 Å². The molecule has 0 radical (unpaired) electrons. The lowest BCUT2D eigenvalue weighted by atomic mass is 10.0. The summed E-state index contributed by atoms with van der Waals surface area (Å²) in [6.45, 7) is 4.54. The Morgan fingerprint density at radius 1 is 1.06 bits per heavy atom. The highest BCUT2D eigenvalue weighted by Gasteiger charge is 2.33. The van der Waals surface area contributed by atoms with E-state index in [9.17, 15) is 0 Å². The molecule has 0 unspecified atom stereocenters. The number of ether oxygens (including phenoxy) is 2. The van der Waals surface area contributed by atoms with E-state index in [1.165, 1.54) is 16.3 Å². The molecular formula is C15H16O2. The summed E-state index contributed by atoms with van der Waals surface area (Å²) in [6.07, 6.45) is 0.0506. The van der Waals surface area contributed by atoms with Gasteiger partial charge in [0.2, 0.25) is 0 Å². The minimum atomic E-state index is -0.462. The second kappa shape index (κ2) is 3.83. The van der Waals surface area contributed by atoms with E-state index in [0.717, 1.165) is 0 Å². The summed E-state index contributed by atoms with van der Waals surface area (Å²) in [5, 5.41) is 2.51. The summed E-state index contributed by atoms with van der Waals surface area (Å²) in [5.41, 5.74) is 1.19. The number of hydrogen-bond acceptors (Lipinski definition) is 2. The molecule has 3 rings (SSSR count). The van der Waals surface area contributed by atoms with Crippen molar-refractivity contribution in [3.05, 3.63) is 48.0 Å². The zero-order valence-electron chi connectivity index (χ0n) is 10.1. The average molecular weight is 228 g/mol. The van der Waals surface area contributed by atoms with Gasteiger partial charge >= 0.3 is 0 Å². The first kappa shape index (κ1) is 10.8. The molecule has 0 bridgehead atoms. The molecule has 1 aliphatic rings. The summed E-state index contributed by atoms with van der Waals surface area (Å²) in [4.78, 5) is 0. The van der Waals surface area contributed by atoms with Gasteiger partial charge in [0.05, 0.1) is 6.61 Å². The Labute approximate surface area is 101 Å². The summed E-state index contributed by atoms with van der Waals surface area (Å²) in [5.74, 6) is -0.462. The van der Waals surface area contributed by atoms with Crippen LogP contribution >= 0.6 is 0 Å². The second-order valence-electron chi connectivity index (χ2n) is 4.92. The lowest BCUT2D eigenvalue weighted by molar-refractivity contribution is -0.139. The van der Waals surface area contributed by atoms with Crippen molar-refractivity contribution in [3.8, 4) is 0 Å². The molecule has 0 amide bonds. The van der Waals surface area contributed by atoms with Crippen LogP contribution in [0, 0.1) is 0 Å². The minimum Gasteiger partial charge on any atom is -0.347 e. The van der Waals surface area contributed by atoms with Gasteiger partial charge in [-0.1, -0.05) is 36.4 Å². The first-order chi connectivity index (χ1) is 8.14. The van der Waals surface area contributed by atoms with Crippen LogP contribution in [-0.4, -0.2) is 12.4 Å². The third-order valence-corrected chi connectivity index (χ3v) is 3.15. The molecule has 0 aromatic heterocycles. The fourth-order valence-corrected chi connectivity index (χ4v) is 2.26. The van der Waals surface area contributed by atoms with Crippen LogP contribution in [0.15, 0.2) is 42.5 Å². The maximum absolute atomic E-state index is 5.86. The lowest BCUT2D eigenvalue weighted by Crippen LogP contribution is -2.19. The zero-order chi connectivity index (χ0) is 11.9. The summed E-state index contributed by atoms with van der Waals surface area (Å²) in [6, 6.07) is 14.8. The van der Waals surface area contributed by atoms with Crippen LogP contribution in [0.3, 0.4) is 0 Å². The van der Waals surface area contributed by atoms with Crippen LogP contribution in [0.1, 0.15) is 25.5 Å². The van der Waals surface area contributed by atoms with Gasteiger partial charge in [0.15, 0.2) is 5.79 Å². The first-order valence-electron chi connectivity index (χ1n) is 5.94. The van der Waals surface area contributed by atoms with Gasteiger partial charge in [-0.3, -0.25) is 0 Å². The highest BCUT2D eigenvalue weighted by atomic mass is 16.7. The SMILES string of the molecule is CC1(C)OC[C@H](c2ccc3ccccc3c2)O1. The van der Waals surface area contributed by atoms with Crippen LogP contribution in [-0.2, 0) is 9.47 Å². The van der Waals surface area contributed by atoms with Crippen molar-refractivity contribution in [1.29, 1.82) is 0 Å². The van der Waals surface area contributed by atoms with E-state index < -0.39 is 5.79 Å². The molecule has 0 saturated carbocycles. The highest BCUT2D eigenvalue weighted by molar-refractivity contribution is 5.83. The molecule has 2 heteroatoms. The van der Waals surface area contributed by atoms with Gasteiger partial charge in [-0.15, -0.1) is 0 Å². The molecule has 1 aliphatic heterocycles. The summed E-state index contributed by atoms with van der Waals surface area (Å²) >= 11 is 0. The number of rotatable bonds is 1. The van der Waals surface area contributed by atoms with Crippen LogP contribution in [0.2, 0.25) is 0 Å². The van der Waals surface area contributed by atoms with Crippen LogP contribution in [0.25, 0.3) is 10.8 Å². The van der Waals surface area contributed by atoms with E-state index in [2.05, 4.69) is 42.5 Å². The average Bonchev–Trinajstić information content (AvgIpc) is 2.69. The smallest absolute Gasteiger partial charge is 0.163 e. The number of fused-ring (bicyclic) bond motifs is 1. The molecule has 2 aromatic carbocycles. The Balaban J connectivity index is 1.96. The topological polar surface area (TPSA) is 18.5 Å². The van der Waals surface area contributed by atoms with Crippen molar-refractivity contribution in [1.82, 2.24) is 0 Å². The standard InChI is InChI=1S/C15H16O2/c1-15(2)16-10-14(17-15)13-8-7-11-5-3-4-6-12(11)9-13/h3-9,14H,10H2,1-2H3/t14-/m1/s1. The molecule has 2 nitrogen and oxygen atoms in total. The Morgan fingerprint density at radius 2 is 1.82 bits per heavy atom. The molecule has 2 aromatic rings. The molecule has 0 aliphatic carbocycles. The zero-order valence-corrected chi connectivity index (χ0v) is 10.1. The maximum atomic E-state index is 5.86. The third kappa shape index (κ3) is 2.06. The van der Waals surface area contributed by atoms with E-state index >= 15 is 0 Å². The monoisotopic (exact) mass is 228 g/mol. The Bertz CT molecular complexity index is 545. The molecule has 1 heterocycles. The molecule has 1 saturated heterocycles. The second-order valence-corrected chi connectivity index (χ2v) is 4.92. The van der Waals surface area contributed by atoms with Gasteiger partial charge in [0, 0.05) is 0 Å². The number of benzene rings is 2. The van der Waals surface area contributed by atoms with E-state index in [1.54, 1.807) is 0 Å². The van der Waals surface area contributed by atoms with Crippen molar-refractivity contribution in [2.24, 2.45) is 0 Å². The van der Waals surface area contributed by atoms with Crippen molar-refractivity contribution in [3.63, 3.8) is 0 Å². The summed E-state index contributed by atoms with van der Waals surface area (Å²) < 4.78 is 11.5. The van der Waals surface area contributed by atoms with Crippen molar-refractivity contribution in [2.75, 3.05) is 6.61 Å². The van der Waals surface area contributed by atoms with Gasteiger partial charge in [0.25, 0.3) is 0 Å². The maximum Gasteiger partial charge on any atom is 0.163 e. The first-order valence-corrected chi connectivity index (χ1v) is 5.94. The van der Waals surface area contributed by atoms with E-state index in [4.69, 9.17) is 9.47 Å². The van der Waals surface area contributed by atoms with E-state index in [1.807, 2.05) is 13.8 Å². The molecule has 17 heavy (non-hydrogen) atoms. The van der Waals surface area contributed by atoms with Crippen molar-refractivity contribution >= 4 is 10.8 Å². The van der Waals surface area contributed by atoms with Gasteiger partial charge < -0.3 is 9.47 Å². The van der Waals surface area contributed by atoms with E-state index in [-0.39, 0.29) is 6.10 Å². The molecular weight excluding hydrogens is 212 g/mol. The molecule has 88 valence electrons. The van der Waals surface area contributed by atoms with Gasteiger partial charge in [-0.25, -0.2) is 0 Å². The van der Waals surface area contributed by atoms with Crippen LogP contribution in [0.5, 0.6) is 0 Å². The van der Waals surface area contributed by atoms with Crippen molar-refractivity contribution < 1.29 is 9.47 Å². The fourth-order valence-electron chi connectivity index (χ4n) is 2.26. The largest absolute Gasteiger partial charge is 0.347 e. The quantitative estimate of drug-likeness (QED) is 0.741. The Kier molecular flexibility index (Phi) is 2.42. The molecule has 0 N–H and O–H groups in total. The molecule has 0 spiro atoms. The fraction of sp³-hybridized carbons (Fsp3) is 0.333. The van der Waals surface area contributed by atoms with Crippen LogP contribution in [0.4, 0.5) is 0 Å². The molecule has 1 fully saturated rings. The summed E-state index contributed by atoms with van der Waals surface area (Å²) in [7, 11) is 0. The Hall–Kier alpha value is -1.38. The van der Waals surface area contributed by atoms with E-state index in [0.29, 0.717) is 6.61 Å². The predicted molar refractivity (Wildman–Crippen MR) is 67.8 cm³/mol. The van der Waals surface area contributed by atoms with Gasteiger partial charge in [0.1, 0.15) is 6.10 Å². The van der Waals surface area contributed by atoms with Gasteiger partial charge in [-0.2, -0.15) is 0 Å². The highest BCUT2D eigenvalue weighted by Crippen LogP contribution is 2.33. The predicted octanol–water partition coefficient (Wildman–Crippen LogP) is 3.66. The third-order valence-electron chi connectivity index (χ3n) is 3.15. The number of hydrogen-bond donors (Lipinski definition) is 0. The molecule has 1 atom stereocenters. The normalized spacial score (nSPS) is 23.1. The van der Waals surface area contributed by atoms with Crippen molar-refractivity contribution in [2.45, 2.75) is 25.7 Å². The van der Waals surface area contributed by atoms with Gasteiger partial charge in [-0.05, 0) is 36.2 Å².